The second kappa shape index (κ2) is 8.18. The minimum atomic E-state index is 0.00568. The van der Waals surface area contributed by atoms with Crippen molar-refractivity contribution in [1.29, 1.82) is 0 Å². The lowest BCUT2D eigenvalue weighted by Gasteiger charge is -2.33. The van der Waals surface area contributed by atoms with Crippen LogP contribution in [0.2, 0.25) is 0 Å². The van der Waals surface area contributed by atoms with Gasteiger partial charge in [0.2, 0.25) is 0 Å². The van der Waals surface area contributed by atoms with Crippen LogP contribution >= 0.6 is 0 Å². The van der Waals surface area contributed by atoms with Crippen molar-refractivity contribution < 1.29 is 4.79 Å². The molecule has 2 nitrogen and oxygen atoms in total. The van der Waals surface area contributed by atoms with Gasteiger partial charge >= 0.3 is 0 Å². The summed E-state index contributed by atoms with van der Waals surface area (Å²) in [6.45, 7) is 5.28. The summed E-state index contributed by atoms with van der Waals surface area (Å²) in [5.41, 5.74) is 3.86. The Hall–Kier alpha value is -2.61. The largest absolute Gasteiger partial charge is 0.384 e. The highest BCUT2D eigenvalue weighted by molar-refractivity contribution is 5.91. The van der Waals surface area contributed by atoms with E-state index in [2.05, 4.69) is 85.9 Å². The Bertz CT molecular complexity index is 872. The number of hydrogen-bond acceptors (Lipinski definition) is 2. The molecule has 0 bridgehead atoms. The average molecular weight is 345 g/mol. The molecule has 1 unspecified atom stereocenters. The van der Waals surface area contributed by atoms with Crippen molar-refractivity contribution >= 4 is 22.7 Å². The Kier molecular flexibility index (Phi) is 5.72. The second-order valence-electron chi connectivity index (χ2n) is 7.17. The Morgan fingerprint density at radius 2 is 1.69 bits per heavy atom. The fraction of sp³-hybridized carbons (Fsp3) is 0.292. The molecule has 26 heavy (non-hydrogen) atoms. The van der Waals surface area contributed by atoms with Gasteiger partial charge < -0.3 is 10.1 Å². The van der Waals surface area contributed by atoms with Gasteiger partial charge in [0, 0.05) is 18.7 Å². The first-order valence-electron chi connectivity index (χ1n) is 9.41. The first-order valence-corrected chi connectivity index (χ1v) is 9.41. The maximum Gasteiger partial charge on any atom is 0.121 e. The quantitative estimate of drug-likeness (QED) is 0.416. The van der Waals surface area contributed by atoms with Gasteiger partial charge in [0.1, 0.15) is 6.29 Å². The summed E-state index contributed by atoms with van der Waals surface area (Å²) in [5, 5.41) is 6.06. The summed E-state index contributed by atoms with van der Waals surface area (Å²) in [7, 11) is 0. The van der Waals surface area contributed by atoms with Gasteiger partial charge in [-0.05, 0) is 46.2 Å². The number of carbonyl (C=O) groups excluding carboxylic acids is 1. The van der Waals surface area contributed by atoms with Crippen LogP contribution < -0.4 is 5.32 Å². The number of carbonyl (C=O) groups is 1. The average Bonchev–Trinajstić information content (AvgIpc) is 2.68. The monoisotopic (exact) mass is 345 g/mol. The molecule has 0 aliphatic heterocycles. The molecule has 0 spiro atoms. The minimum Gasteiger partial charge on any atom is -0.384 e. The predicted octanol–water partition coefficient (Wildman–Crippen LogP) is 5.75. The fourth-order valence-electron chi connectivity index (χ4n) is 3.77. The molecule has 3 aromatic carbocycles. The molecule has 0 radical (unpaired) electrons. The molecule has 0 amide bonds. The molecule has 0 saturated carbocycles. The van der Waals surface area contributed by atoms with Gasteiger partial charge in [-0.15, -0.1) is 0 Å². The lowest BCUT2D eigenvalue weighted by molar-refractivity contribution is -0.107. The summed E-state index contributed by atoms with van der Waals surface area (Å²) in [6.07, 6.45) is 3.52. The molecule has 0 aliphatic rings. The highest BCUT2D eigenvalue weighted by Crippen LogP contribution is 2.41. The molecule has 1 atom stereocenters. The Morgan fingerprint density at radius 1 is 0.962 bits per heavy atom. The molecule has 134 valence electrons. The van der Waals surface area contributed by atoms with E-state index in [4.69, 9.17) is 0 Å². The van der Waals surface area contributed by atoms with Crippen LogP contribution in [0.4, 0.5) is 5.69 Å². The van der Waals surface area contributed by atoms with Crippen molar-refractivity contribution in [1.82, 2.24) is 0 Å². The van der Waals surface area contributed by atoms with Crippen molar-refractivity contribution in [2.45, 2.75) is 38.5 Å². The summed E-state index contributed by atoms with van der Waals surface area (Å²) in [4.78, 5) is 10.7. The highest BCUT2D eigenvalue weighted by atomic mass is 16.1. The van der Waals surface area contributed by atoms with E-state index in [0.29, 0.717) is 13.0 Å². The van der Waals surface area contributed by atoms with Gasteiger partial charge in [0.05, 0.1) is 0 Å². The van der Waals surface area contributed by atoms with Crippen LogP contribution in [0, 0.1) is 0 Å². The smallest absolute Gasteiger partial charge is 0.121 e. The third kappa shape index (κ3) is 3.80. The molecule has 3 rings (SSSR count). The zero-order valence-corrected chi connectivity index (χ0v) is 15.7. The van der Waals surface area contributed by atoms with Crippen molar-refractivity contribution in [2.75, 3.05) is 11.9 Å². The normalized spacial score (nSPS) is 13.3. The molecule has 0 aliphatic carbocycles. The van der Waals surface area contributed by atoms with E-state index >= 15 is 0 Å². The van der Waals surface area contributed by atoms with Crippen LogP contribution in [0.1, 0.15) is 37.8 Å². The molecule has 3 aromatic rings. The number of hydrogen-bond donors (Lipinski definition) is 1. The van der Waals surface area contributed by atoms with Crippen molar-refractivity contribution in [2.24, 2.45) is 0 Å². The van der Waals surface area contributed by atoms with Crippen molar-refractivity contribution in [3.63, 3.8) is 0 Å². The lowest BCUT2D eigenvalue weighted by Crippen LogP contribution is -2.26. The Balaban J connectivity index is 2.11. The SMILES string of the molecule is CCC(C)(Cc1ccccc1)c1c(NCCC=O)ccc2ccccc12. The number of benzene rings is 3. The van der Waals surface area contributed by atoms with Gasteiger partial charge in [0.15, 0.2) is 0 Å². The first-order chi connectivity index (χ1) is 12.7. The minimum absolute atomic E-state index is 0.00568. The second-order valence-corrected chi connectivity index (χ2v) is 7.17. The number of rotatable bonds is 8. The van der Waals surface area contributed by atoms with E-state index in [1.807, 2.05) is 0 Å². The van der Waals surface area contributed by atoms with E-state index in [1.54, 1.807) is 0 Å². The maximum atomic E-state index is 10.7. The number of fused-ring (bicyclic) bond motifs is 1. The van der Waals surface area contributed by atoms with Gasteiger partial charge in [-0.25, -0.2) is 0 Å². The van der Waals surface area contributed by atoms with Crippen LogP contribution in [0.25, 0.3) is 10.8 Å². The van der Waals surface area contributed by atoms with Crippen molar-refractivity contribution in [3.05, 3.63) is 77.9 Å². The van der Waals surface area contributed by atoms with E-state index < -0.39 is 0 Å². The van der Waals surface area contributed by atoms with E-state index in [0.717, 1.165) is 24.8 Å². The van der Waals surface area contributed by atoms with Crippen LogP contribution in [-0.4, -0.2) is 12.8 Å². The molecule has 2 heteroatoms. The van der Waals surface area contributed by atoms with Gasteiger partial charge in [0.25, 0.3) is 0 Å². The van der Waals surface area contributed by atoms with Gasteiger partial charge in [-0.3, -0.25) is 0 Å². The molecule has 0 aromatic heterocycles. The highest BCUT2D eigenvalue weighted by Gasteiger charge is 2.29. The van der Waals surface area contributed by atoms with Crippen LogP contribution in [-0.2, 0) is 16.6 Å². The predicted molar refractivity (Wildman–Crippen MR) is 111 cm³/mol. The number of nitrogens with one attached hydrogen (secondary N) is 1. The van der Waals surface area contributed by atoms with Crippen LogP contribution in [0.3, 0.4) is 0 Å². The molecule has 0 saturated heterocycles. The first kappa shape index (κ1) is 18.2. The van der Waals surface area contributed by atoms with Crippen LogP contribution in [0.5, 0.6) is 0 Å². The standard InChI is InChI=1S/C24H27NO/c1-3-24(2,18-19-10-5-4-6-11-19)23-21-13-8-7-12-20(21)14-15-22(23)25-16-9-17-26/h4-8,10-15,17,25H,3,9,16,18H2,1-2H3. The zero-order valence-electron chi connectivity index (χ0n) is 15.7. The zero-order chi connectivity index (χ0) is 18.4. The van der Waals surface area contributed by atoms with Gasteiger partial charge in [-0.2, -0.15) is 0 Å². The lowest BCUT2D eigenvalue weighted by atomic mass is 9.72. The Labute approximate surface area is 156 Å². The van der Waals surface area contributed by atoms with E-state index in [9.17, 15) is 4.79 Å². The molecular weight excluding hydrogens is 318 g/mol. The number of anilines is 1. The topological polar surface area (TPSA) is 29.1 Å². The summed E-state index contributed by atoms with van der Waals surface area (Å²) in [6, 6.07) is 23.6. The van der Waals surface area contributed by atoms with Gasteiger partial charge in [-0.1, -0.05) is 74.5 Å². The van der Waals surface area contributed by atoms with Crippen LogP contribution in [0.15, 0.2) is 66.7 Å². The third-order valence-corrected chi connectivity index (χ3v) is 5.33. The molecular formula is C24H27NO. The summed E-state index contributed by atoms with van der Waals surface area (Å²) < 4.78 is 0. The molecule has 0 fully saturated rings. The maximum absolute atomic E-state index is 10.7. The van der Waals surface area contributed by atoms with E-state index in [1.165, 1.54) is 21.9 Å². The fourth-order valence-corrected chi connectivity index (χ4v) is 3.77. The summed E-state index contributed by atoms with van der Waals surface area (Å²) >= 11 is 0. The molecule has 1 N–H and O–H groups in total. The van der Waals surface area contributed by atoms with Crippen molar-refractivity contribution in [3.8, 4) is 0 Å². The van der Waals surface area contributed by atoms with E-state index in [-0.39, 0.29) is 5.41 Å². The number of aldehydes is 1. The summed E-state index contributed by atoms with van der Waals surface area (Å²) in [5.74, 6) is 0. The third-order valence-electron chi connectivity index (χ3n) is 5.33. The Morgan fingerprint density at radius 3 is 2.42 bits per heavy atom. The molecule has 0 heterocycles.